The molecule has 15 heavy (non-hydrogen) atoms. The predicted octanol–water partition coefficient (Wildman–Crippen LogP) is 3.89. The molecule has 1 aromatic carbocycles. The zero-order chi connectivity index (χ0) is 10.8. The number of benzene rings is 1. The van der Waals surface area contributed by atoms with Crippen molar-refractivity contribution in [3.8, 4) is 0 Å². The molecule has 3 heteroatoms. The van der Waals surface area contributed by atoms with Gasteiger partial charge < -0.3 is 10.2 Å². The zero-order valence-corrected chi connectivity index (χ0v) is 9.42. The van der Waals surface area contributed by atoms with Gasteiger partial charge in [0.2, 0.25) is 0 Å². The topological polar surface area (TPSA) is 39.2 Å². The second-order valence-corrected chi connectivity index (χ2v) is 4.10. The molecule has 0 aliphatic heterocycles. The Balaban J connectivity index is 2.43. The Morgan fingerprint density at radius 1 is 1.47 bits per heavy atom. The van der Waals surface area contributed by atoms with E-state index in [-0.39, 0.29) is 6.04 Å². The van der Waals surface area contributed by atoms with Crippen molar-refractivity contribution in [3.05, 3.63) is 35.0 Å². The molecule has 80 valence electrons. The Kier molecular flexibility index (Phi) is 2.98. The third kappa shape index (κ3) is 2.01. The van der Waals surface area contributed by atoms with Crippen molar-refractivity contribution in [2.24, 2.45) is 5.73 Å². The lowest BCUT2D eigenvalue weighted by Gasteiger charge is -2.04. The van der Waals surface area contributed by atoms with Crippen LogP contribution in [0.3, 0.4) is 0 Å². The van der Waals surface area contributed by atoms with Gasteiger partial charge in [0.15, 0.2) is 0 Å². The minimum Gasteiger partial charge on any atom is -0.459 e. The van der Waals surface area contributed by atoms with Crippen LogP contribution in [-0.2, 0) is 0 Å². The number of rotatable bonds is 3. The van der Waals surface area contributed by atoms with E-state index in [4.69, 9.17) is 21.8 Å². The van der Waals surface area contributed by atoms with Crippen molar-refractivity contribution in [1.29, 1.82) is 0 Å². The molecule has 0 aliphatic carbocycles. The lowest BCUT2D eigenvalue weighted by atomic mass is 10.1. The van der Waals surface area contributed by atoms with Gasteiger partial charge in [-0.25, -0.2) is 0 Å². The first-order valence-corrected chi connectivity index (χ1v) is 5.53. The minimum atomic E-state index is -0.0292. The van der Waals surface area contributed by atoms with Gasteiger partial charge in [-0.1, -0.05) is 31.0 Å². The lowest BCUT2D eigenvalue weighted by Crippen LogP contribution is -2.08. The molecule has 0 spiro atoms. The summed E-state index contributed by atoms with van der Waals surface area (Å²) in [6, 6.07) is 7.55. The summed E-state index contributed by atoms with van der Waals surface area (Å²) in [5.41, 5.74) is 6.79. The molecule has 0 bridgehead atoms. The van der Waals surface area contributed by atoms with E-state index in [1.165, 1.54) is 0 Å². The molecule has 0 amide bonds. The average Bonchev–Trinajstić information content (AvgIpc) is 2.63. The SMILES string of the molecule is CCC[C@H](N)c1cc2c(Cl)cccc2o1. The van der Waals surface area contributed by atoms with E-state index in [1.807, 2.05) is 24.3 Å². The molecule has 0 fully saturated rings. The molecule has 2 N–H and O–H groups in total. The second-order valence-electron chi connectivity index (χ2n) is 3.70. The summed E-state index contributed by atoms with van der Waals surface area (Å²) in [5, 5.41) is 1.66. The van der Waals surface area contributed by atoms with Crippen LogP contribution in [0, 0.1) is 0 Å². The molecule has 2 nitrogen and oxygen atoms in total. The monoisotopic (exact) mass is 223 g/mol. The molecule has 2 rings (SSSR count). The Labute approximate surface area is 94.0 Å². The van der Waals surface area contributed by atoms with Crippen molar-refractivity contribution >= 4 is 22.6 Å². The van der Waals surface area contributed by atoms with E-state index < -0.39 is 0 Å². The van der Waals surface area contributed by atoms with Crippen LogP contribution in [0.2, 0.25) is 5.02 Å². The molecular formula is C12H14ClNO. The molecule has 1 aromatic heterocycles. The summed E-state index contributed by atoms with van der Waals surface area (Å²) in [6.07, 6.45) is 1.98. The normalized spacial score (nSPS) is 13.3. The number of halogens is 1. The fourth-order valence-electron chi connectivity index (χ4n) is 1.68. The first-order valence-electron chi connectivity index (χ1n) is 5.16. The Hall–Kier alpha value is -0.990. The summed E-state index contributed by atoms with van der Waals surface area (Å²) >= 11 is 6.05. The third-order valence-electron chi connectivity index (χ3n) is 2.49. The first kappa shape index (κ1) is 10.5. The highest BCUT2D eigenvalue weighted by molar-refractivity contribution is 6.35. The lowest BCUT2D eigenvalue weighted by molar-refractivity contribution is 0.475. The summed E-state index contributed by atoms with van der Waals surface area (Å²) < 4.78 is 5.65. The van der Waals surface area contributed by atoms with E-state index in [1.54, 1.807) is 0 Å². The fourth-order valence-corrected chi connectivity index (χ4v) is 1.90. The van der Waals surface area contributed by atoms with Gasteiger partial charge in [0, 0.05) is 5.39 Å². The van der Waals surface area contributed by atoms with Crippen molar-refractivity contribution in [1.82, 2.24) is 0 Å². The molecular weight excluding hydrogens is 210 g/mol. The van der Waals surface area contributed by atoms with Gasteiger partial charge in [-0.05, 0) is 24.6 Å². The molecule has 0 radical (unpaired) electrons. The van der Waals surface area contributed by atoms with Crippen molar-refractivity contribution < 1.29 is 4.42 Å². The van der Waals surface area contributed by atoms with Gasteiger partial charge in [0.05, 0.1) is 11.1 Å². The highest BCUT2D eigenvalue weighted by Gasteiger charge is 2.12. The van der Waals surface area contributed by atoms with Gasteiger partial charge in [-0.3, -0.25) is 0 Å². The van der Waals surface area contributed by atoms with Crippen molar-refractivity contribution in [2.45, 2.75) is 25.8 Å². The number of nitrogens with two attached hydrogens (primary N) is 1. The molecule has 0 unspecified atom stereocenters. The molecule has 1 atom stereocenters. The standard InChI is InChI=1S/C12H14ClNO/c1-2-4-10(14)12-7-8-9(13)5-3-6-11(8)15-12/h3,5-7,10H,2,4,14H2,1H3/t10-/m0/s1. The average molecular weight is 224 g/mol. The Morgan fingerprint density at radius 3 is 2.93 bits per heavy atom. The first-order chi connectivity index (χ1) is 7.22. The fraction of sp³-hybridized carbons (Fsp3) is 0.333. The van der Waals surface area contributed by atoms with E-state index in [2.05, 4.69) is 6.92 Å². The van der Waals surface area contributed by atoms with E-state index in [0.29, 0.717) is 5.02 Å². The van der Waals surface area contributed by atoms with Crippen LogP contribution in [-0.4, -0.2) is 0 Å². The maximum atomic E-state index is 6.05. The van der Waals surface area contributed by atoms with E-state index in [0.717, 1.165) is 29.6 Å². The molecule has 0 aliphatic rings. The van der Waals surface area contributed by atoms with Crippen LogP contribution in [0.15, 0.2) is 28.7 Å². The van der Waals surface area contributed by atoms with Crippen LogP contribution >= 0.6 is 11.6 Å². The maximum Gasteiger partial charge on any atom is 0.135 e. The van der Waals surface area contributed by atoms with Crippen molar-refractivity contribution in [3.63, 3.8) is 0 Å². The molecule has 0 saturated heterocycles. The molecule has 2 aromatic rings. The number of furan rings is 1. The Morgan fingerprint density at radius 2 is 2.27 bits per heavy atom. The van der Waals surface area contributed by atoms with Crippen LogP contribution in [0.1, 0.15) is 31.6 Å². The van der Waals surface area contributed by atoms with Crippen molar-refractivity contribution in [2.75, 3.05) is 0 Å². The van der Waals surface area contributed by atoms with Gasteiger partial charge in [0.1, 0.15) is 11.3 Å². The highest BCUT2D eigenvalue weighted by atomic mass is 35.5. The summed E-state index contributed by atoms with van der Waals surface area (Å²) in [7, 11) is 0. The van der Waals surface area contributed by atoms with Crippen LogP contribution in [0.25, 0.3) is 11.0 Å². The maximum absolute atomic E-state index is 6.05. The molecule has 1 heterocycles. The Bertz CT molecular complexity index is 464. The minimum absolute atomic E-state index is 0.0292. The third-order valence-corrected chi connectivity index (χ3v) is 2.82. The quantitative estimate of drug-likeness (QED) is 0.858. The van der Waals surface area contributed by atoms with Gasteiger partial charge in [-0.15, -0.1) is 0 Å². The van der Waals surface area contributed by atoms with Gasteiger partial charge >= 0.3 is 0 Å². The van der Waals surface area contributed by atoms with Gasteiger partial charge in [0.25, 0.3) is 0 Å². The zero-order valence-electron chi connectivity index (χ0n) is 8.66. The van der Waals surface area contributed by atoms with E-state index in [9.17, 15) is 0 Å². The predicted molar refractivity (Wildman–Crippen MR) is 63.1 cm³/mol. The largest absolute Gasteiger partial charge is 0.459 e. The summed E-state index contributed by atoms with van der Waals surface area (Å²) in [4.78, 5) is 0. The summed E-state index contributed by atoms with van der Waals surface area (Å²) in [5.74, 6) is 0.819. The van der Waals surface area contributed by atoms with Crippen LogP contribution < -0.4 is 5.73 Å². The molecule has 0 saturated carbocycles. The van der Waals surface area contributed by atoms with Crippen LogP contribution in [0.4, 0.5) is 0 Å². The highest BCUT2D eigenvalue weighted by Crippen LogP contribution is 2.29. The number of hydrogen-bond acceptors (Lipinski definition) is 2. The second kappa shape index (κ2) is 4.25. The number of fused-ring (bicyclic) bond motifs is 1. The van der Waals surface area contributed by atoms with E-state index >= 15 is 0 Å². The summed E-state index contributed by atoms with van der Waals surface area (Å²) in [6.45, 7) is 2.11. The van der Waals surface area contributed by atoms with Gasteiger partial charge in [-0.2, -0.15) is 0 Å². The number of hydrogen-bond donors (Lipinski definition) is 1. The smallest absolute Gasteiger partial charge is 0.135 e. The van der Waals surface area contributed by atoms with Crippen LogP contribution in [0.5, 0.6) is 0 Å².